The highest BCUT2D eigenvalue weighted by Crippen LogP contribution is 2.63. The molecule has 27 heavy (non-hydrogen) atoms. The van der Waals surface area contributed by atoms with E-state index >= 15 is 0 Å². The van der Waals surface area contributed by atoms with Crippen molar-refractivity contribution in [1.29, 1.82) is 0 Å². The van der Waals surface area contributed by atoms with E-state index < -0.39 is 5.97 Å². The summed E-state index contributed by atoms with van der Waals surface area (Å²) >= 11 is 0. The molecule has 4 fully saturated rings. The molecule has 3 heteroatoms. The standard InChI is InChI=1S/C24H26O3/c1-27-20-8-7-19(23(25)26)21(18-5-3-2-4-6-18)22(20)24-12-15-9-16(13-24)11-17(10-15)14-24/h2-8,15-17H,9-14H2,1H3,(H,25,26). The van der Waals surface area contributed by atoms with Gasteiger partial charge in [0.2, 0.25) is 0 Å². The van der Waals surface area contributed by atoms with Gasteiger partial charge in [0, 0.05) is 16.5 Å². The number of hydrogen-bond acceptors (Lipinski definition) is 2. The van der Waals surface area contributed by atoms with Gasteiger partial charge in [0.1, 0.15) is 5.75 Å². The molecule has 0 saturated heterocycles. The number of carboxylic acid groups (broad SMARTS) is 1. The molecule has 0 aromatic heterocycles. The van der Waals surface area contributed by atoms with Crippen LogP contribution in [0, 0.1) is 17.8 Å². The van der Waals surface area contributed by atoms with Crippen molar-refractivity contribution in [2.75, 3.05) is 7.11 Å². The molecule has 0 unspecified atom stereocenters. The highest BCUT2D eigenvalue weighted by molar-refractivity contribution is 5.98. The minimum atomic E-state index is -0.859. The van der Waals surface area contributed by atoms with Crippen LogP contribution in [0.5, 0.6) is 5.75 Å². The van der Waals surface area contributed by atoms with Crippen LogP contribution in [0.3, 0.4) is 0 Å². The maximum atomic E-state index is 12.1. The van der Waals surface area contributed by atoms with Crippen molar-refractivity contribution in [3.8, 4) is 16.9 Å². The van der Waals surface area contributed by atoms with Crippen molar-refractivity contribution in [2.45, 2.75) is 43.9 Å². The third-order valence-electron chi connectivity index (χ3n) is 7.25. The Labute approximate surface area is 160 Å². The second kappa shape index (κ2) is 6.12. The number of methoxy groups -OCH3 is 1. The van der Waals surface area contributed by atoms with Gasteiger partial charge in [0.15, 0.2) is 0 Å². The molecule has 1 N–H and O–H groups in total. The average molecular weight is 362 g/mol. The summed E-state index contributed by atoms with van der Waals surface area (Å²) < 4.78 is 5.84. The van der Waals surface area contributed by atoms with Gasteiger partial charge in [0.25, 0.3) is 0 Å². The molecule has 0 heterocycles. The first kappa shape index (κ1) is 16.9. The molecule has 0 aliphatic heterocycles. The van der Waals surface area contributed by atoms with Gasteiger partial charge in [-0.1, -0.05) is 30.3 Å². The molecule has 4 saturated carbocycles. The van der Waals surface area contributed by atoms with Gasteiger partial charge in [-0.3, -0.25) is 0 Å². The van der Waals surface area contributed by atoms with E-state index in [9.17, 15) is 9.90 Å². The molecule has 0 radical (unpaired) electrons. The zero-order valence-corrected chi connectivity index (χ0v) is 15.8. The van der Waals surface area contributed by atoms with E-state index in [1.807, 2.05) is 36.4 Å². The average Bonchev–Trinajstić information content (AvgIpc) is 2.66. The lowest BCUT2D eigenvalue weighted by molar-refractivity contribution is -0.00590. The van der Waals surface area contributed by atoms with E-state index in [0.717, 1.165) is 40.2 Å². The Morgan fingerprint density at radius 3 is 2.07 bits per heavy atom. The lowest BCUT2D eigenvalue weighted by Crippen LogP contribution is -2.49. The molecule has 4 aliphatic rings. The van der Waals surface area contributed by atoms with E-state index in [4.69, 9.17) is 4.74 Å². The third kappa shape index (κ3) is 2.59. The number of rotatable bonds is 4. The van der Waals surface area contributed by atoms with E-state index in [-0.39, 0.29) is 5.41 Å². The summed E-state index contributed by atoms with van der Waals surface area (Å²) in [5.74, 6) is 2.37. The molecule has 0 atom stereocenters. The first-order valence-electron chi connectivity index (χ1n) is 10.1. The Kier molecular flexibility index (Phi) is 3.82. The van der Waals surface area contributed by atoms with Crippen LogP contribution in [-0.4, -0.2) is 18.2 Å². The molecule has 6 rings (SSSR count). The van der Waals surface area contributed by atoms with Crippen LogP contribution in [-0.2, 0) is 5.41 Å². The number of benzene rings is 2. The summed E-state index contributed by atoms with van der Waals surface area (Å²) in [6.07, 6.45) is 7.62. The van der Waals surface area contributed by atoms with Crippen molar-refractivity contribution < 1.29 is 14.6 Å². The summed E-state index contributed by atoms with van der Waals surface area (Å²) in [4.78, 5) is 12.1. The normalized spacial score (nSPS) is 31.1. The Morgan fingerprint density at radius 2 is 1.56 bits per heavy atom. The van der Waals surface area contributed by atoms with Crippen LogP contribution in [0.15, 0.2) is 42.5 Å². The number of ether oxygens (including phenoxy) is 1. The first-order valence-corrected chi connectivity index (χ1v) is 10.1. The maximum Gasteiger partial charge on any atom is 0.336 e. The zero-order chi connectivity index (χ0) is 18.6. The third-order valence-corrected chi connectivity index (χ3v) is 7.25. The van der Waals surface area contributed by atoms with Crippen LogP contribution < -0.4 is 4.74 Å². The van der Waals surface area contributed by atoms with E-state index in [1.165, 1.54) is 38.5 Å². The number of carboxylic acids is 1. The number of carbonyl (C=O) groups is 1. The fourth-order valence-corrected chi connectivity index (χ4v) is 6.78. The monoisotopic (exact) mass is 362 g/mol. The van der Waals surface area contributed by atoms with Gasteiger partial charge in [-0.15, -0.1) is 0 Å². The fraction of sp³-hybridized carbons (Fsp3) is 0.458. The van der Waals surface area contributed by atoms with Crippen molar-refractivity contribution in [3.05, 3.63) is 53.6 Å². The van der Waals surface area contributed by atoms with Crippen LogP contribution in [0.4, 0.5) is 0 Å². The van der Waals surface area contributed by atoms with Crippen molar-refractivity contribution >= 4 is 5.97 Å². The second-order valence-corrected chi connectivity index (χ2v) is 8.93. The molecule has 0 amide bonds. The molecular formula is C24H26O3. The highest BCUT2D eigenvalue weighted by Gasteiger charge is 2.53. The van der Waals surface area contributed by atoms with Gasteiger partial charge in [-0.25, -0.2) is 4.79 Å². The van der Waals surface area contributed by atoms with E-state index in [2.05, 4.69) is 0 Å². The Hall–Kier alpha value is -2.29. The van der Waals surface area contributed by atoms with Crippen molar-refractivity contribution in [1.82, 2.24) is 0 Å². The van der Waals surface area contributed by atoms with E-state index in [0.29, 0.717) is 5.56 Å². The Balaban J connectivity index is 1.78. The molecule has 4 bridgehead atoms. The van der Waals surface area contributed by atoms with Crippen molar-refractivity contribution in [3.63, 3.8) is 0 Å². The minimum absolute atomic E-state index is 0.0662. The zero-order valence-electron chi connectivity index (χ0n) is 15.8. The quantitative estimate of drug-likeness (QED) is 0.778. The number of aromatic carboxylic acids is 1. The number of hydrogen-bond donors (Lipinski definition) is 1. The van der Waals surface area contributed by atoms with Crippen LogP contribution in [0.25, 0.3) is 11.1 Å². The van der Waals surface area contributed by atoms with Gasteiger partial charge < -0.3 is 9.84 Å². The molecular weight excluding hydrogens is 336 g/mol. The molecule has 4 aliphatic carbocycles. The second-order valence-electron chi connectivity index (χ2n) is 8.93. The largest absolute Gasteiger partial charge is 0.496 e. The molecule has 140 valence electrons. The van der Waals surface area contributed by atoms with Gasteiger partial charge in [0.05, 0.1) is 12.7 Å². The fourth-order valence-electron chi connectivity index (χ4n) is 6.78. The lowest BCUT2D eigenvalue weighted by Gasteiger charge is -2.57. The summed E-state index contributed by atoms with van der Waals surface area (Å²) in [7, 11) is 1.72. The summed E-state index contributed by atoms with van der Waals surface area (Å²) in [6, 6.07) is 13.6. The maximum absolute atomic E-state index is 12.1. The van der Waals surface area contributed by atoms with Gasteiger partial charge in [-0.2, -0.15) is 0 Å². The smallest absolute Gasteiger partial charge is 0.336 e. The Morgan fingerprint density at radius 1 is 0.963 bits per heavy atom. The summed E-state index contributed by atoms with van der Waals surface area (Å²) in [5.41, 5.74) is 3.49. The summed E-state index contributed by atoms with van der Waals surface area (Å²) in [6.45, 7) is 0. The minimum Gasteiger partial charge on any atom is -0.496 e. The Bertz CT molecular complexity index is 849. The predicted octanol–water partition coefficient (Wildman–Crippen LogP) is 5.53. The predicted molar refractivity (Wildman–Crippen MR) is 105 cm³/mol. The highest BCUT2D eigenvalue weighted by atomic mass is 16.5. The SMILES string of the molecule is COc1ccc(C(=O)O)c(-c2ccccc2)c1C12CC3CC(CC(C3)C1)C2. The lowest BCUT2D eigenvalue weighted by atomic mass is 9.47. The van der Waals surface area contributed by atoms with Gasteiger partial charge >= 0.3 is 5.97 Å². The molecule has 3 nitrogen and oxygen atoms in total. The topological polar surface area (TPSA) is 46.5 Å². The van der Waals surface area contributed by atoms with Crippen LogP contribution in [0.2, 0.25) is 0 Å². The first-order chi connectivity index (χ1) is 13.1. The van der Waals surface area contributed by atoms with Crippen LogP contribution >= 0.6 is 0 Å². The summed E-state index contributed by atoms with van der Waals surface area (Å²) in [5, 5.41) is 9.96. The van der Waals surface area contributed by atoms with Gasteiger partial charge in [-0.05, 0) is 74.0 Å². The molecule has 2 aromatic rings. The van der Waals surface area contributed by atoms with E-state index in [1.54, 1.807) is 13.2 Å². The van der Waals surface area contributed by atoms with Crippen LogP contribution in [0.1, 0.15) is 54.4 Å². The van der Waals surface area contributed by atoms with Crippen molar-refractivity contribution in [2.24, 2.45) is 17.8 Å². The molecule has 2 aromatic carbocycles. The molecule has 0 spiro atoms.